The van der Waals surface area contributed by atoms with E-state index < -0.39 is 6.10 Å². The number of benzene rings is 2. The van der Waals surface area contributed by atoms with E-state index >= 15 is 0 Å². The molecule has 1 atom stereocenters. The lowest BCUT2D eigenvalue weighted by molar-refractivity contribution is -0.118. The molecule has 5 heteroatoms. The lowest BCUT2D eigenvalue weighted by Gasteiger charge is -2.12. The zero-order chi connectivity index (χ0) is 16.2. The number of aromatic nitrogens is 1. The highest BCUT2D eigenvalue weighted by Crippen LogP contribution is 2.23. The summed E-state index contributed by atoms with van der Waals surface area (Å²) < 4.78 is 0. The molecule has 0 aliphatic rings. The minimum absolute atomic E-state index is 0.0369. The van der Waals surface area contributed by atoms with Gasteiger partial charge in [-0.3, -0.25) is 9.78 Å². The third-order valence-electron chi connectivity index (χ3n) is 3.54. The van der Waals surface area contributed by atoms with Gasteiger partial charge in [0.2, 0.25) is 5.91 Å². The number of hydrogen-bond acceptors (Lipinski definition) is 3. The number of nitrogens with one attached hydrogen (secondary N) is 1. The molecule has 3 rings (SSSR count). The standard InChI is InChI=1S/C18H15ClN2O2/c19-14-8-6-12(7-9-14)16(22)11-17(23)21-15-5-1-3-13-4-2-10-20-18(13)15/h1-10,16,22H,11H2,(H,21,23). The van der Waals surface area contributed by atoms with Gasteiger partial charge in [-0.2, -0.15) is 0 Å². The SMILES string of the molecule is O=C(CC(O)c1ccc(Cl)cc1)Nc1cccc2cccnc12. The summed E-state index contributed by atoms with van der Waals surface area (Å²) in [7, 11) is 0. The van der Waals surface area contributed by atoms with E-state index in [9.17, 15) is 9.90 Å². The molecule has 1 aromatic heterocycles. The second-order valence-electron chi connectivity index (χ2n) is 5.20. The van der Waals surface area contributed by atoms with Gasteiger partial charge in [0, 0.05) is 16.6 Å². The van der Waals surface area contributed by atoms with Gasteiger partial charge in [-0.15, -0.1) is 0 Å². The lowest BCUT2D eigenvalue weighted by Crippen LogP contribution is -2.15. The quantitative estimate of drug-likeness (QED) is 0.763. The van der Waals surface area contributed by atoms with E-state index in [-0.39, 0.29) is 12.3 Å². The number of carbonyl (C=O) groups excluding carboxylic acids is 1. The van der Waals surface area contributed by atoms with Crippen LogP contribution in [0.1, 0.15) is 18.1 Å². The molecule has 0 saturated heterocycles. The first-order valence-corrected chi connectivity index (χ1v) is 7.58. The molecule has 0 saturated carbocycles. The first kappa shape index (κ1) is 15.5. The van der Waals surface area contributed by atoms with Gasteiger partial charge in [0.25, 0.3) is 0 Å². The van der Waals surface area contributed by atoms with E-state index in [0.29, 0.717) is 16.3 Å². The van der Waals surface area contributed by atoms with Gasteiger partial charge in [0.1, 0.15) is 0 Å². The normalized spacial score (nSPS) is 12.1. The van der Waals surface area contributed by atoms with Crippen molar-refractivity contribution in [2.24, 2.45) is 0 Å². The van der Waals surface area contributed by atoms with Crippen molar-refractivity contribution < 1.29 is 9.90 Å². The number of aliphatic hydroxyl groups excluding tert-OH is 1. The fourth-order valence-electron chi connectivity index (χ4n) is 2.38. The Kier molecular flexibility index (Phi) is 4.55. The smallest absolute Gasteiger partial charge is 0.227 e. The first-order valence-electron chi connectivity index (χ1n) is 7.20. The molecule has 23 heavy (non-hydrogen) atoms. The Morgan fingerprint density at radius 1 is 1.13 bits per heavy atom. The molecule has 1 amide bonds. The molecule has 2 N–H and O–H groups in total. The van der Waals surface area contributed by atoms with E-state index in [4.69, 9.17) is 11.6 Å². The summed E-state index contributed by atoms with van der Waals surface area (Å²) in [6.45, 7) is 0. The number of hydrogen-bond donors (Lipinski definition) is 2. The Hall–Kier alpha value is -2.43. The first-order chi connectivity index (χ1) is 11.1. The van der Waals surface area contributed by atoms with Gasteiger partial charge in [-0.05, 0) is 29.8 Å². The minimum atomic E-state index is -0.879. The third kappa shape index (κ3) is 3.67. The summed E-state index contributed by atoms with van der Waals surface area (Å²) in [5.74, 6) is -0.273. The lowest BCUT2D eigenvalue weighted by atomic mass is 10.1. The largest absolute Gasteiger partial charge is 0.388 e. The van der Waals surface area contributed by atoms with Gasteiger partial charge in [0.15, 0.2) is 0 Å². The van der Waals surface area contributed by atoms with Crippen LogP contribution in [-0.4, -0.2) is 16.0 Å². The van der Waals surface area contributed by atoms with Crippen LogP contribution in [0.2, 0.25) is 5.02 Å². The molecule has 1 heterocycles. The highest BCUT2D eigenvalue weighted by atomic mass is 35.5. The number of pyridine rings is 1. The van der Waals surface area contributed by atoms with Crippen molar-refractivity contribution in [1.29, 1.82) is 0 Å². The second-order valence-corrected chi connectivity index (χ2v) is 5.64. The van der Waals surface area contributed by atoms with Gasteiger partial charge in [-0.25, -0.2) is 0 Å². The Labute approximate surface area is 138 Å². The van der Waals surface area contributed by atoms with Crippen LogP contribution < -0.4 is 5.32 Å². The number of anilines is 1. The molecule has 2 aromatic carbocycles. The van der Waals surface area contributed by atoms with Gasteiger partial charge in [0.05, 0.1) is 23.7 Å². The number of halogens is 1. The molecule has 0 radical (unpaired) electrons. The molecule has 0 aliphatic carbocycles. The summed E-state index contributed by atoms with van der Waals surface area (Å²) in [4.78, 5) is 16.5. The van der Waals surface area contributed by atoms with Crippen molar-refractivity contribution in [1.82, 2.24) is 4.98 Å². The molecule has 0 fully saturated rings. The van der Waals surface area contributed by atoms with Crippen molar-refractivity contribution in [2.75, 3.05) is 5.32 Å². The number of fused-ring (bicyclic) bond motifs is 1. The number of nitrogens with zero attached hydrogens (tertiary/aromatic N) is 1. The zero-order valence-corrected chi connectivity index (χ0v) is 13.0. The van der Waals surface area contributed by atoms with Crippen molar-refractivity contribution in [2.45, 2.75) is 12.5 Å². The molecule has 4 nitrogen and oxygen atoms in total. The molecule has 116 valence electrons. The van der Waals surface area contributed by atoms with E-state index in [1.165, 1.54) is 0 Å². The van der Waals surface area contributed by atoms with Crippen LogP contribution in [0.4, 0.5) is 5.69 Å². The number of amides is 1. The average molecular weight is 327 g/mol. The maximum atomic E-state index is 12.2. The van der Waals surface area contributed by atoms with E-state index in [0.717, 1.165) is 10.9 Å². The number of rotatable bonds is 4. The van der Waals surface area contributed by atoms with Crippen molar-refractivity contribution in [3.05, 3.63) is 71.4 Å². The Morgan fingerprint density at radius 3 is 2.65 bits per heavy atom. The summed E-state index contributed by atoms with van der Waals surface area (Å²) in [6, 6.07) is 16.1. The zero-order valence-electron chi connectivity index (χ0n) is 12.2. The highest BCUT2D eigenvalue weighted by molar-refractivity contribution is 6.30. The Balaban J connectivity index is 1.72. The maximum absolute atomic E-state index is 12.2. The number of aliphatic hydroxyl groups is 1. The Bertz CT molecular complexity index is 829. The molecular weight excluding hydrogens is 312 g/mol. The van der Waals surface area contributed by atoms with Crippen LogP contribution in [0, 0.1) is 0 Å². The molecule has 0 aliphatic heterocycles. The Morgan fingerprint density at radius 2 is 1.87 bits per heavy atom. The fraction of sp³-hybridized carbons (Fsp3) is 0.111. The average Bonchev–Trinajstić information content (AvgIpc) is 2.55. The fourth-order valence-corrected chi connectivity index (χ4v) is 2.51. The van der Waals surface area contributed by atoms with Crippen molar-refractivity contribution >= 4 is 34.1 Å². The van der Waals surface area contributed by atoms with E-state index in [2.05, 4.69) is 10.3 Å². The minimum Gasteiger partial charge on any atom is -0.388 e. The van der Waals surface area contributed by atoms with Crippen molar-refractivity contribution in [3.63, 3.8) is 0 Å². The van der Waals surface area contributed by atoms with Crippen LogP contribution in [0.25, 0.3) is 10.9 Å². The summed E-state index contributed by atoms with van der Waals surface area (Å²) >= 11 is 5.82. The molecule has 0 spiro atoms. The predicted molar refractivity (Wildman–Crippen MR) is 91.4 cm³/mol. The number of para-hydroxylation sites is 1. The monoisotopic (exact) mass is 326 g/mol. The molecule has 0 bridgehead atoms. The molecular formula is C18H15ClN2O2. The van der Waals surface area contributed by atoms with Gasteiger partial charge >= 0.3 is 0 Å². The maximum Gasteiger partial charge on any atom is 0.227 e. The second kappa shape index (κ2) is 6.77. The van der Waals surface area contributed by atoms with Crippen LogP contribution in [0.15, 0.2) is 60.8 Å². The summed E-state index contributed by atoms with van der Waals surface area (Å²) in [5, 5.41) is 14.5. The third-order valence-corrected chi connectivity index (χ3v) is 3.79. The summed E-state index contributed by atoms with van der Waals surface area (Å²) in [5.41, 5.74) is 2.02. The van der Waals surface area contributed by atoms with Gasteiger partial charge < -0.3 is 10.4 Å². The van der Waals surface area contributed by atoms with Gasteiger partial charge in [-0.1, -0.05) is 41.9 Å². The molecule has 1 unspecified atom stereocenters. The van der Waals surface area contributed by atoms with Crippen LogP contribution >= 0.6 is 11.6 Å². The van der Waals surface area contributed by atoms with Crippen LogP contribution in [0.3, 0.4) is 0 Å². The van der Waals surface area contributed by atoms with Crippen molar-refractivity contribution in [3.8, 4) is 0 Å². The van der Waals surface area contributed by atoms with Crippen LogP contribution in [0.5, 0.6) is 0 Å². The molecule has 3 aromatic rings. The van der Waals surface area contributed by atoms with E-state index in [1.54, 1.807) is 36.5 Å². The number of carbonyl (C=O) groups is 1. The van der Waals surface area contributed by atoms with E-state index in [1.807, 2.05) is 24.3 Å². The predicted octanol–water partition coefficient (Wildman–Crippen LogP) is 3.95. The van der Waals surface area contributed by atoms with Crippen LogP contribution in [-0.2, 0) is 4.79 Å². The topological polar surface area (TPSA) is 62.2 Å². The highest BCUT2D eigenvalue weighted by Gasteiger charge is 2.14. The summed E-state index contributed by atoms with van der Waals surface area (Å²) in [6.07, 6.45) is 0.765.